The van der Waals surface area contributed by atoms with Gasteiger partial charge in [0.2, 0.25) is 5.95 Å². The van der Waals surface area contributed by atoms with Crippen molar-refractivity contribution in [1.82, 2.24) is 20.3 Å². The Hall–Kier alpha value is -3.26. The number of carbonyl (C=O) groups excluding carboxylic acids is 1. The zero-order valence-corrected chi connectivity index (χ0v) is 15.4. The van der Waals surface area contributed by atoms with E-state index < -0.39 is 0 Å². The van der Waals surface area contributed by atoms with Gasteiger partial charge in [-0.25, -0.2) is 4.98 Å². The first kappa shape index (κ1) is 16.9. The molecule has 1 amide bonds. The molecule has 1 unspecified atom stereocenters. The van der Waals surface area contributed by atoms with Crippen LogP contribution in [0.2, 0.25) is 0 Å². The second-order valence-electron chi connectivity index (χ2n) is 7.04. The van der Waals surface area contributed by atoms with Gasteiger partial charge < -0.3 is 20.7 Å². The topological polar surface area (TPSA) is 106 Å². The lowest BCUT2D eigenvalue weighted by molar-refractivity contribution is 0.0963. The van der Waals surface area contributed by atoms with E-state index in [4.69, 9.17) is 15.5 Å². The van der Waals surface area contributed by atoms with Crippen molar-refractivity contribution in [2.24, 2.45) is 0 Å². The number of carbonyl (C=O) groups is 1. The van der Waals surface area contributed by atoms with Crippen LogP contribution in [-0.4, -0.2) is 53.2 Å². The van der Waals surface area contributed by atoms with Crippen LogP contribution < -0.4 is 16.0 Å². The van der Waals surface area contributed by atoms with Gasteiger partial charge in [-0.1, -0.05) is 12.1 Å². The maximum atomic E-state index is 11.9. The van der Waals surface area contributed by atoms with E-state index in [1.165, 1.54) is 0 Å². The Morgan fingerprint density at radius 3 is 3.00 bits per heavy atom. The Bertz CT molecular complexity index is 1090. The summed E-state index contributed by atoms with van der Waals surface area (Å²) in [5.41, 5.74) is 8.90. The first-order chi connectivity index (χ1) is 13.6. The minimum Gasteiger partial charge on any atom is -0.383 e. The summed E-state index contributed by atoms with van der Waals surface area (Å²) in [6.07, 6.45) is 1.28. The molecular formula is C20H20N6O2. The second-order valence-corrected chi connectivity index (χ2v) is 7.04. The van der Waals surface area contributed by atoms with Crippen LogP contribution in [-0.2, 0) is 4.74 Å². The quantitative estimate of drug-likeness (QED) is 0.715. The lowest BCUT2D eigenvalue weighted by Gasteiger charge is -2.26. The molecule has 0 spiro atoms. The fourth-order valence-electron chi connectivity index (χ4n) is 3.66. The molecule has 8 heteroatoms. The number of ether oxygens (including phenoxy) is 1. The maximum Gasteiger partial charge on any atom is 0.251 e. The summed E-state index contributed by atoms with van der Waals surface area (Å²) in [5, 5.41) is 3.35. The molecule has 3 N–H and O–H groups in total. The number of benzene rings is 1. The third-order valence-electron chi connectivity index (χ3n) is 5.25. The van der Waals surface area contributed by atoms with Crippen LogP contribution in [0.4, 0.5) is 11.8 Å². The van der Waals surface area contributed by atoms with Crippen molar-refractivity contribution in [1.29, 1.82) is 0 Å². The first-order valence-electron chi connectivity index (χ1n) is 9.29. The zero-order valence-electron chi connectivity index (χ0n) is 15.4. The number of rotatable bonds is 3. The number of pyridine rings is 1. The predicted octanol–water partition coefficient (Wildman–Crippen LogP) is 1.61. The van der Waals surface area contributed by atoms with Crippen molar-refractivity contribution in [3.8, 4) is 11.3 Å². The molecule has 1 aliphatic carbocycles. The number of nitrogen functional groups attached to an aromatic ring is 1. The van der Waals surface area contributed by atoms with Crippen LogP contribution in [0.15, 0.2) is 36.4 Å². The number of amides is 1. The highest BCUT2D eigenvalue weighted by molar-refractivity contribution is 5.95. The number of nitrogens with zero attached hydrogens (tertiary/aromatic N) is 4. The van der Waals surface area contributed by atoms with Gasteiger partial charge in [0.05, 0.1) is 29.8 Å². The minimum absolute atomic E-state index is 0.136. The molecule has 2 atom stereocenters. The average Bonchev–Trinajstić information content (AvgIpc) is 3.52. The summed E-state index contributed by atoms with van der Waals surface area (Å²) < 4.78 is 5.66. The molecule has 8 nitrogen and oxygen atoms in total. The molecular weight excluding hydrogens is 356 g/mol. The summed E-state index contributed by atoms with van der Waals surface area (Å²) in [4.78, 5) is 28.0. The molecule has 142 valence electrons. The van der Waals surface area contributed by atoms with Crippen LogP contribution in [0.5, 0.6) is 0 Å². The largest absolute Gasteiger partial charge is 0.383 e. The van der Waals surface area contributed by atoms with E-state index in [9.17, 15) is 4.79 Å². The fraction of sp³-hybridized carbons (Fsp3) is 0.300. The predicted molar refractivity (Wildman–Crippen MR) is 106 cm³/mol. The van der Waals surface area contributed by atoms with Gasteiger partial charge in [0.15, 0.2) is 5.65 Å². The lowest BCUT2D eigenvalue weighted by atomic mass is 10.1. The van der Waals surface area contributed by atoms with E-state index in [0.29, 0.717) is 35.6 Å². The number of nitrogens with two attached hydrogens (primary N) is 1. The Labute approximate surface area is 161 Å². The number of nitrogens with one attached hydrogen (secondary N) is 1. The molecule has 5 rings (SSSR count). The second kappa shape index (κ2) is 6.42. The third-order valence-corrected chi connectivity index (χ3v) is 5.25. The smallest absolute Gasteiger partial charge is 0.251 e. The lowest BCUT2D eigenvalue weighted by Crippen LogP contribution is -2.38. The van der Waals surface area contributed by atoms with Crippen LogP contribution in [0.3, 0.4) is 0 Å². The van der Waals surface area contributed by atoms with E-state index in [1.54, 1.807) is 13.1 Å². The van der Waals surface area contributed by atoms with Gasteiger partial charge in [-0.15, -0.1) is 0 Å². The molecule has 28 heavy (non-hydrogen) atoms. The highest BCUT2D eigenvalue weighted by atomic mass is 16.5. The van der Waals surface area contributed by atoms with Crippen molar-refractivity contribution in [2.45, 2.75) is 18.6 Å². The van der Waals surface area contributed by atoms with E-state index in [1.807, 2.05) is 30.3 Å². The monoisotopic (exact) mass is 376 g/mol. The molecule has 3 heterocycles. The Balaban J connectivity index is 1.56. The van der Waals surface area contributed by atoms with E-state index >= 15 is 0 Å². The molecule has 1 saturated heterocycles. The van der Waals surface area contributed by atoms with Gasteiger partial charge in [0.25, 0.3) is 5.91 Å². The van der Waals surface area contributed by atoms with Crippen LogP contribution >= 0.6 is 0 Å². The Morgan fingerprint density at radius 1 is 1.25 bits per heavy atom. The average molecular weight is 376 g/mol. The van der Waals surface area contributed by atoms with Crippen molar-refractivity contribution in [2.75, 3.05) is 30.8 Å². The molecule has 2 aromatic heterocycles. The summed E-state index contributed by atoms with van der Waals surface area (Å²) in [7, 11) is 1.61. The molecule has 0 bridgehead atoms. The molecule has 2 fully saturated rings. The standard InChI is InChI=1S/C20H20N6O2/c1-22-19(27)12-4-2-3-11(9-12)14-6-5-13-17(21)24-20(25-18(13)23-14)26-7-8-28-16-10-15(16)26/h2-6,9,15-16H,7-8,10H2,1H3,(H,22,27)(H2,21,23,24,25)/t15-,16?/m0/s1. The third kappa shape index (κ3) is 2.82. The van der Waals surface area contributed by atoms with E-state index in [0.717, 1.165) is 29.6 Å². The van der Waals surface area contributed by atoms with Crippen molar-refractivity contribution >= 4 is 28.7 Å². The Kier molecular flexibility index (Phi) is 3.87. The molecule has 3 aromatic rings. The minimum atomic E-state index is -0.136. The normalized spacial score (nSPS) is 20.7. The number of hydrogen-bond acceptors (Lipinski definition) is 7. The number of hydrogen-bond donors (Lipinski definition) is 2. The van der Waals surface area contributed by atoms with E-state index in [-0.39, 0.29) is 12.0 Å². The zero-order chi connectivity index (χ0) is 19.3. The molecule has 0 radical (unpaired) electrons. The fourth-order valence-corrected chi connectivity index (χ4v) is 3.66. The molecule has 2 aliphatic rings. The van der Waals surface area contributed by atoms with Crippen LogP contribution in [0.1, 0.15) is 16.8 Å². The number of morpholine rings is 1. The number of aromatic nitrogens is 3. The van der Waals surface area contributed by atoms with Gasteiger partial charge in [0.1, 0.15) is 5.82 Å². The SMILES string of the molecule is CNC(=O)c1cccc(-c2ccc3c(N)nc(N4CCOC5C[C@@H]54)nc3n2)c1. The summed E-state index contributed by atoms with van der Waals surface area (Å²) in [5.74, 6) is 0.884. The van der Waals surface area contributed by atoms with E-state index in [2.05, 4.69) is 20.2 Å². The van der Waals surface area contributed by atoms with Gasteiger partial charge in [-0.3, -0.25) is 4.79 Å². The molecule has 1 saturated carbocycles. The summed E-state index contributed by atoms with van der Waals surface area (Å²) in [6.45, 7) is 1.42. The number of fused-ring (bicyclic) bond motifs is 2. The number of anilines is 2. The first-order valence-corrected chi connectivity index (χ1v) is 9.29. The summed E-state index contributed by atoms with van der Waals surface area (Å²) >= 11 is 0. The summed E-state index contributed by atoms with van der Waals surface area (Å²) in [6, 6.07) is 11.4. The highest BCUT2D eigenvalue weighted by Crippen LogP contribution is 2.37. The van der Waals surface area contributed by atoms with Crippen LogP contribution in [0, 0.1) is 0 Å². The van der Waals surface area contributed by atoms with Crippen molar-refractivity contribution in [3.05, 3.63) is 42.0 Å². The van der Waals surface area contributed by atoms with Gasteiger partial charge in [-0.2, -0.15) is 9.97 Å². The molecule has 1 aromatic carbocycles. The van der Waals surface area contributed by atoms with Crippen molar-refractivity contribution < 1.29 is 9.53 Å². The van der Waals surface area contributed by atoms with Gasteiger partial charge in [-0.05, 0) is 30.7 Å². The maximum absolute atomic E-state index is 11.9. The van der Waals surface area contributed by atoms with Gasteiger partial charge in [0, 0.05) is 24.7 Å². The Morgan fingerprint density at radius 2 is 2.14 bits per heavy atom. The molecule has 1 aliphatic heterocycles. The van der Waals surface area contributed by atoms with Crippen LogP contribution in [0.25, 0.3) is 22.3 Å². The highest BCUT2D eigenvalue weighted by Gasteiger charge is 2.47. The van der Waals surface area contributed by atoms with Crippen molar-refractivity contribution in [3.63, 3.8) is 0 Å². The van der Waals surface area contributed by atoms with Gasteiger partial charge >= 0.3 is 0 Å².